The molecule has 0 aromatic heterocycles. The van der Waals surface area contributed by atoms with Gasteiger partial charge in [0.2, 0.25) is 23.6 Å². The fraction of sp³-hybridized carbons (Fsp3) is 0.606. The number of hydrogen-bond donors (Lipinski definition) is 0. The minimum atomic E-state index is -0.262. The van der Waals surface area contributed by atoms with E-state index < -0.39 is 0 Å². The predicted molar refractivity (Wildman–Crippen MR) is 435 cm³/mol. The van der Waals surface area contributed by atoms with Crippen LogP contribution in [0.25, 0.3) is 0 Å². The molecule has 0 aromatic carbocycles. The quantitative estimate of drug-likeness (QED) is 0.0239. The first kappa shape index (κ1) is 222. The first-order valence-corrected chi connectivity index (χ1v) is 44.5. The van der Waals surface area contributed by atoms with E-state index in [2.05, 4.69) is 20.8 Å². The molecule has 0 saturated carbocycles. The van der Waals surface area contributed by atoms with E-state index in [4.69, 9.17) is 0 Å². The van der Waals surface area contributed by atoms with Crippen molar-refractivity contribution in [1.29, 1.82) is 0 Å². The first-order valence-electron chi connectivity index (χ1n) is 31.2. The zero-order chi connectivity index (χ0) is 77.0. The van der Waals surface area contributed by atoms with Crippen LogP contribution in [-0.2, 0) is 754 Å². The molecular formula is C71H117N2O14S10Y21. The van der Waals surface area contributed by atoms with E-state index >= 15 is 0 Å². The summed E-state index contributed by atoms with van der Waals surface area (Å²) in [6.45, 7) is 28.6. The third kappa shape index (κ3) is 152. The molecule has 0 aromatic rings. The van der Waals surface area contributed by atoms with E-state index in [1.807, 2.05) is 90.9 Å². The third-order valence-electron chi connectivity index (χ3n) is 12.1. The molecule has 118 heavy (non-hydrogen) atoms. The average molecular weight is 3410 g/mol. The fourth-order valence-corrected chi connectivity index (χ4v) is 10.3. The van der Waals surface area contributed by atoms with Gasteiger partial charge in [-0.2, -0.15) is 140 Å². The summed E-state index contributed by atoms with van der Waals surface area (Å²) in [5.41, 5.74) is 0. The van der Waals surface area contributed by atoms with Crippen molar-refractivity contribution in [3.05, 3.63) is 86.0 Å². The van der Waals surface area contributed by atoms with Crippen molar-refractivity contribution in [3.8, 4) is 0 Å². The molecule has 2 rings (SSSR count). The molecule has 18 radical (unpaired) electrons. The maximum absolute atomic E-state index is 11.8. The van der Waals surface area contributed by atoms with Crippen molar-refractivity contribution in [1.82, 2.24) is 9.80 Å². The molecule has 0 spiro atoms. The topological polar surface area (TPSA) is 245 Å². The minimum Gasteiger partial charge on any atom is -0.542 e. The van der Waals surface area contributed by atoms with E-state index in [1.54, 1.807) is 154 Å². The van der Waals surface area contributed by atoms with Crippen LogP contribution >= 0.6 is 118 Å². The van der Waals surface area contributed by atoms with Gasteiger partial charge in [-0.25, -0.2) is 11.8 Å². The molecule has 0 aliphatic carbocycles. The number of ketones is 7. The number of carbonyl (C=O) groups is 11. The van der Waals surface area contributed by atoms with Gasteiger partial charge in [-0.1, -0.05) is 48.5 Å². The van der Waals surface area contributed by atoms with E-state index in [-0.39, 0.29) is 824 Å². The van der Waals surface area contributed by atoms with Crippen LogP contribution in [-0.4, -0.2) is 202 Å². The van der Waals surface area contributed by atoms with Crippen LogP contribution in [0.4, 0.5) is 0 Å². The fourth-order valence-electron chi connectivity index (χ4n) is 6.51. The number of imide groups is 2. The van der Waals surface area contributed by atoms with Gasteiger partial charge in [0, 0.05) is 663 Å². The summed E-state index contributed by atoms with van der Waals surface area (Å²) in [6.07, 6.45) is 40.9. The van der Waals surface area contributed by atoms with Crippen LogP contribution < -0.4 is 0 Å². The molecule has 2 heterocycles. The summed E-state index contributed by atoms with van der Waals surface area (Å²) in [5.74, 6) is 2.98. The predicted octanol–water partition coefficient (Wildman–Crippen LogP) is 15.3. The summed E-state index contributed by atoms with van der Waals surface area (Å²) in [6, 6.07) is 0. The van der Waals surface area contributed by atoms with E-state index in [0.29, 0.717) is 32.1 Å². The molecular weight excluding hydrogens is 3290 g/mol. The minimum absolute atomic E-state index is 0. The van der Waals surface area contributed by atoms with Gasteiger partial charge < -0.3 is 62.4 Å². The SMILES string of the molecule is CC[CH-]C(=O)/C=C/SC.CC[CH-]C(=O)CCN1C(=O)CC(SC)C1=O.CC[CH-]C(=O)CCSC.CS/C=C/C(=O)C(C)[C@H](C)C(=O)/C=C/SC.CS/C=C/[C-]=O.CSC1CC(=O)N(CC[C-]=O)C1=O.CSCCC(=O)C(C)[C@H](C)C(=O)CCSC.CSCC[C-]=O.[CH2-]C.[CH2-]C.[CH2-]C.[Y+3].[Y+3].[Y+3].[Y].[Y].[Y].[Y].[Y].[Y].[Y].[Y].[Y].[Y].[Y].[Y].[Y].[Y].[Y].[Y].[Y].[Y]. The molecule has 618 valence electrons. The standard InChI is InChI=1S/C12H22O2S2.C12H18O2S2.C11H16NO3S.C8H10NO3S.C7H13OS.C7H11OS.C4H7OS.C4H5OS.3C2H5.21Y/c2*1-9(11(13)5-7-15-3)10(2)12(14)6-8-16-4;1-3-4-8(13)5-6-12-10(14)7-9(16-2)11(12)15;1-13-6-5-7(11)9(8(6)12)3-2-4-10;2*1-3-4-7(8)5-6-9-2;2*1-6-4-2-3-5;3*1-2;;;;;;;;;;;;;;;;;;;;;/h9-10H,5-8H2,1-4H3;5-10H,1-4H3;4,9H,3,5-7H2,1-2H3;6H,2-3,5H2,1H3;4H,3,5-6H2,1-2H3;4-6H,3H2,1-2H3;2,4H2,1H3;2,4H,1H3;3*1H2,2H3;;;;;;;;;;;;;;;;;;;;;/q;;9*-1;;;;;;;;;;;;;;;;;;;3*+3/b;7-5+,8-6+;;;;6-5+;;4-2+;;;;;;;;;;;;;;;;;;;;;;;;/t2*9-,10?;;;;;;;;;;;;;;;;;;;;;;;;;;;;;;/m00............................../s1. The van der Waals surface area contributed by atoms with E-state index in [9.17, 15) is 67.1 Å². The zero-order valence-corrected chi connectivity index (χ0v) is 142. The molecule has 4 unspecified atom stereocenters. The Balaban J connectivity index is -0.0000000263. The van der Waals surface area contributed by atoms with Crippen LogP contribution in [0.15, 0.2) is 45.9 Å². The van der Waals surface area contributed by atoms with Crippen LogP contribution in [0.2, 0.25) is 0 Å². The number of hydrogen-bond acceptors (Lipinski definition) is 24. The Morgan fingerprint density at radius 3 is 0.915 bits per heavy atom. The number of Topliss-reactive ketones (excluding diaryl/α,β-unsaturated/α-hetero) is 4. The van der Waals surface area contributed by atoms with E-state index in [1.165, 1.54) is 93.7 Å². The molecule has 0 bridgehead atoms. The molecule has 0 N–H and O–H groups in total. The number of nitrogens with zero attached hydrogens (tertiary/aromatic N) is 2. The average Bonchev–Trinajstić information content (AvgIpc) is 1.70. The Bertz CT molecular complexity index is 2230. The number of allylic oxidation sites excluding steroid dienone is 4. The summed E-state index contributed by atoms with van der Waals surface area (Å²) < 4.78 is 0. The van der Waals surface area contributed by atoms with Crippen LogP contribution in [0.3, 0.4) is 0 Å². The van der Waals surface area contributed by atoms with Gasteiger partial charge in [0.25, 0.3) is 0 Å². The number of likely N-dealkylation sites (tertiary alicyclic amines) is 2. The normalized spacial score (nSPS) is 11.8. The maximum Gasteiger partial charge on any atom is 3.00 e. The molecule has 47 heteroatoms. The maximum atomic E-state index is 11.8. The van der Waals surface area contributed by atoms with Crippen molar-refractivity contribution in [2.75, 3.05) is 98.7 Å². The Hall–Kier alpha value is 20.2. The summed E-state index contributed by atoms with van der Waals surface area (Å²) >= 11 is 15.5. The number of amides is 4. The van der Waals surface area contributed by atoms with Crippen molar-refractivity contribution in [3.63, 3.8) is 0 Å². The zero-order valence-electron chi connectivity index (χ0n) is 73.8. The molecule has 4 amide bonds. The molecule has 2 aliphatic rings. The van der Waals surface area contributed by atoms with Crippen LogP contribution in [0, 0.1) is 63.7 Å². The molecule has 16 nitrogen and oxygen atoms in total. The van der Waals surface area contributed by atoms with Crippen LogP contribution in [0.1, 0.15) is 140 Å². The van der Waals surface area contributed by atoms with Gasteiger partial charge in [-0.15, -0.1) is 48.2 Å². The second-order valence-corrected chi connectivity index (χ2v) is 27.7. The molecule has 2 saturated heterocycles. The van der Waals surface area contributed by atoms with Crippen molar-refractivity contribution in [2.45, 2.75) is 150 Å². The van der Waals surface area contributed by atoms with Gasteiger partial charge in [0.1, 0.15) is 11.6 Å². The first-order chi connectivity index (χ1) is 46.3. The van der Waals surface area contributed by atoms with Gasteiger partial charge in [-0.3, -0.25) is 60.7 Å². The van der Waals surface area contributed by atoms with Gasteiger partial charge in [-0.05, 0) is 133 Å². The second-order valence-electron chi connectivity index (χ2n) is 18.7. The monoisotopic (exact) mass is 3410 g/mol. The molecule has 2 aliphatic heterocycles. The summed E-state index contributed by atoms with van der Waals surface area (Å²) in [4.78, 5) is 156. The Morgan fingerprint density at radius 2 is 0.678 bits per heavy atom. The number of carbonyl (C=O) groups excluding carboxylic acids is 14. The Kier molecular flexibility index (Phi) is 343. The smallest absolute Gasteiger partial charge is 0.542 e. The third-order valence-corrected chi connectivity index (χ3v) is 18.1. The van der Waals surface area contributed by atoms with E-state index in [0.717, 1.165) is 40.8 Å². The Morgan fingerprint density at radius 1 is 0.398 bits per heavy atom. The van der Waals surface area contributed by atoms with Gasteiger partial charge in [0.15, 0.2) is 11.6 Å². The second kappa shape index (κ2) is 182. The van der Waals surface area contributed by atoms with Crippen molar-refractivity contribution < 1.29 is 754 Å². The van der Waals surface area contributed by atoms with Gasteiger partial charge >= 0.3 is 98.1 Å². The largest absolute Gasteiger partial charge is 3.00 e. The van der Waals surface area contributed by atoms with Gasteiger partial charge in [0.05, 0.1) is 10.5 Å². The molecule has 6 atom stereocenters. The number of rotatable bonds is 40. The molecule has 2 fully saturated rings. The number of thioether (sulfide) groups is 10. The summed E-state index contributed by atoms with van der Waals surface area (Å²) in [5, 5.41) is 6.44. The summed E-state index contributed by atoms with van der Waals surface area (Å²) in [7, 11) is 0. The Labute approximate surface area is 1290 Å². The van der Waals surface area contributed by atoms with Crippen LogP contribution in [0.5, 0.6) is 0 Å². The van der Waals surface area contributed by atoms with Crippen molar-refractivity contribution in [2.24, 2.45) is 23.7 Å². The van der Waals surface area contributed by atoms with Crippen molar-refractivity contribution >= 4 is 201 Å².